The smallest absolute Gasteiger partial charge is 0.293 e. The maximum absolute atomic E-state index is 13.4. The van der Waals surface area contributed by atoms with E-state index in [1.165, 1.54) is 0 Å². The Hall–Kier alpha value is -3.85. The van der Waals surface area contributed by atoms with Crippen molar-refractivity contribution in [1.82, 2.24) is 19.9 Å². The minimum atomic E-state index is -0.751. The van der Waals surface area contributed by atoms with Crippen molar-refractivity contribution in [3.05, 3.63) is 83.6 Å². The summed E-state index contributed by atoms with van der Waals surface area (Å²) in [5.41, 5.74) is 1.98. The van der Waals surface area contributed by atoms with Crippen LogP contribution in [0, 0.1) is 11.6 Å². The van der Waals surface area contributed by atoms with Gasteiger partial charge in [0.05, 0.1) is 6.26 Å². The number of nitrogens with zero attached hydrogens (tertiary/aromatic N) is 4. The average molecular weight is 450 g/mol. The average Bonchev–Trinajstić information content (AvgIpc) is 3.51. The first-order chi connectivity index (χ1) is 16.0. The third-order valence-electron chi connectivity index (χ3n) is 5.55. The Labute approximate surface area is 188 Å². The quantitative estimate of drug-likeness (QED) is 0.453. The molecule has 0 bridgehead atoms. The molecule has 3 heterocycles. The molecule has 7 nitrogen and oxygen atoms in total. The van der Waals surface area contributed by atoms with Crippen LogP contribution in [-0.2, 0) is 6.54 Å². The van der Waals surface area contributed by atoms with E-state index in [1.807, 2.05) is 24.3 Å². The van der Waals surface area contributed by atoms with Gasteiger partial charge in [0.25, 0.3) is 11.8 Å². The zero-order chi connectivity index (χ0) is 22.8. The fourth-order valence-corrected chi connectivity index (χ4v) is 3.83. The van der Waals surface area contributed by atoms with Gasteiger partial charge >= 0.3 is 0 Å². The van der Waals surface area contributed by atoms with Crippen molar-refractivity contribution in [2.45, 2.75) is 6.54 Å². The molecular formula is C24H20F2N4O3. The fraction of sp³-hybridized carbons (Fsp3) is 0.208. The molecule has 2 aromatic carbocycles. The van der Waals surface area contributed by atoms with Gasteiger partial charge in [0.2, 0.25) is 5.82 Å². The molecular weight excluding hydrogens is 430 g/mol. The summed E-state index contributed by atoms with van der Waals surface area (Å²) in [6, 6.07) is 14.3. The summed E-state index contributed by atoms with van der Waals surface area (Å²) in [6.07, 6.45) is 1.55. The minimum absolute atomic E-state index is 0.0354. The number of piperazine rings is 1. The summed E-state index contributed by atoms with van der Waals surface area (Å²) in [4.78, 5) is 20.8. The van der Waals surface area contributed by atoms with Gasteiger partial charge in [0, 0.05) is 49.9 Å². The summed E-state index contributed by atoms with van der Waals surface area (Å²) in [5, 5.41) is 4.01. The molecule has 0 atom stereocenters. The standard InChI is InChI=1S/C24H20F2N4O3/c25-19-12-18(13-20(26)14-19)24(31)30-9-7-29(8-10-30)15-16-3-5-17(6-4-16)22-27-23(33-28-22)21-2-1-11-32-21/h1-6,11-14H,7-10,15H2. The van der Waals surface area contributed by atoms with E-state index in [9.17, 15) is 13.6 Å². The third-order valence-corrected chi connectivity index (χ3v) is 5.55. The molecule has 1 aliphatic heterocycles. The molecule has 2 aromatic heterocycles. The van der Waals surface area contributed by atoms with Gasteiger partial charge in [-0.25, -0.2) is 8.78 Å². The molecule has 0 spiro atoms. The Morgan fingerprint density at radius 2 is 1.70 bits per heavy atom. The molecule has 0 saturated carbocycles. The van der Waals surface area contributed by atoms with Crippen molar-refractivity contribution in [2.24, 2.45) is 0 Å². The van der Waals surface area contributed by atoms with Gasteiger partial charge in [-0.3, -0.25) is 9.69 Å². The lowest BCUT2D eigenvalue weighted by Crippen LogP contribution is -2.48. The van der Waals surface area contributed by atoms with Crippen molar-refractivity contribution in [3.8, 4) is 23.0 Å². The predicted octanol–water partition coefficient (Wildman–Crippen LogP) is 4.23. The number of benzene rings is 2. The van der Waals surface area contributed by atoms with E-state index < -0.39 is 11.6 Å². The largest absolute Gasteiger partial charge is 0.459 e. The van der Waals surface area contributed by atoms with Crippen molar-refractivity contribution < 1.29 is 22.5 Å². The topological polar surface area (TPSA) is 75.6 Å². The molecule has 1 fully saturated rings. The number of hydrogen-bond donors (Lipinski definition) is 0. The molecule has 0 aliphatic carbocycles. The molecule has 9 heteroatoms. The molecule has 5 rings (SSSR count). The van der Waals surface area contributed by atoms with Crippen LogP contribution in [0.4, 0.5) is 8.78 Å². The van der Waals surface area contributed by atoms with Gasteiger partial charge in [0.15, 0.2) is 5.76 Å². The molecule has 4 aromatic rings. The van der Waals surface area contributed by atoms with E-state index in [2.05, 4.69) is 15.0 Å². The zero-order valence-corrected chi connectivity index (χ0v) is 17.6. The monoisotopic (exact) mass is 450 g/mol. The molecule has 0 N–H and O–H groups in total. The van der Waals surface area contributed by atoms with Crippen LogP contribution < -0.4 is 0 Å². The highest BCUT2D eigenvalue weighted by molar-refractivity contribution is 5.94. The normalized spacial score (nSPS) is 14.5. The van der Waals surface area contributed by atoms with E-state index in [0.29, 0.717) is 43.7 Å². The molecule has 0 unspecified atom stereocenters. The van der Waals surface area contributed by atoms with Crippen LogP contribution in [0.25, 0.3) is 23.0 Å². The number of hydrogen-bond acceptors (Lipinski definition) is 6. The van der Waals surface area contributed by atoms with Gasteiger partial charge in [-0.2, -0.15) is 4.98 Å². The molecule has 1 saturated heterocycles. The zero-order valence-electron chi connectivity index (χ0n) is 17.6. The lowest BCUT2D eigenvalue weighted by Gasteiger charge is -2.34. The van der Waals surface area contributed by atoms with E-state index in [-0.39, 0.29) is 11.5 Å². The highest BCUT2D eigenvalue weighted by atomic mass is 19.1. The van der Waals surface area contributed by atoms with E-state index >= 15 is 0 Å². The molecule has 0 radical (unpaired) electrons. The van der Waals surface area contributed by atoms with Crippen LogP contribution in [-0.4, -0.2) is 52.0 Å². The number of aromatic nitrogens is 2. The number of carbonyl (C=O) groups is 1. The number of carbonyl (C=O) groups excluding carboxylic acids is 1. The summed E-state index contributed by atoms with van der Waals surface area (Å²) in [5.74, 6) is -0.532. The predicted molar refractivity (Wildman–Crippen MR) is 115 cm³/mol. The van der Waals surface area contributed by atoms with Crippen LogP contribution in [0.15, 0.2) is 69.8 Å². The van der Waals surface area contributed by atoms with E-state index in [1.54, 1.807) is 23.3 Å². The Balaban J connectivity index is 1.17. The first kappa shape index (κ1) is 21.0. The van der Waals surface area contributed by atoms with Crippen molar-refractivity contribution in [1.29, 1.82) is 0 Å². The summed E-state index contributed by atoms with van der Waals surface area (Å²) in [7, 11) is 0. The highest BCUT2D eigenvalue weighted by Crippen LogP contribution is 2.23. The summed E-state index contributed by atoms with van der Waals surface area (Å²) < 4.78 is 37.4. The van der Waals surface area contributed by atoms with Crippen molar-refractivity contribution in [3.63, 3.8) is 0 Å². The van der Waals surface area contributed by atoms with Gasteiger partial charge in [-0.1, -0.05) is 29.4 Å². The van der Waals surface area contributed by atoms with Gasteiger partial charge in [0.1, 0.15) is 11.6 Å². The lowest BCUT2D eigenvalue weighted by atomic mass is 10.1. The molecule has 168 valence electrons. The molecule has 1 aliphatic rings. The Morgan fingerprint density at radius 3 is 2.36 bits per heavy atom. The fourth-order valence-electron chi connectivity index (χ4n) is 3.83. The number of halogens is 2. The Morgan fingerprint density at radius 1 is 0.970 bits per heavy atom. The van der Waals surface area contributed by atoms with Crippen molar-refractivity contribution >= 4 is 5.91 Å². The second-order valence-electron chi connectivity index (χ2n) is 7.82. The van der Waals surface area contributed by atoms with Gasteiger partial charge in [-0.05, 0) is 29.8 Å². The summed E-state index contributed by atoms with van der Waals surface area (Å²) >= 11 is 0. The van der Waals surface area contributed by atoms with Crippen molar-refractivity contribution in [2.75, 3.05) is 26.2 Å². The molecule has 1 amide bonds. The van der Waals surface area contributed by atoms with E-state index in [0.717, 1.165) is 35.9 Å². The van der Waals surface area contributed by atoms with Crippen LogP contribution in [0.3, 0.4) is 0 Å². The number of amides is 1. The lowest BCUT2D eigenvalue weighted by molar-refractivity contribution is 0.0627. The van der Waals surface area contributed by atoms with Crippen LogP contribution >= 0.6 is 0 Å². The highest BCUT2D eigenvalue weighted by Gasteiger charge is 2.23. The Kier molecular flexibility index (Phi) is 5.70. The SMILES string of the molecule is O=C(c1cc(F)cc(F)c1)N1CCN(Cc2ccc(-c3noc(-c4ccco4)n3)cc2)CC1. The van der Waals surface area contributed by atoms with Crippen LogP contribution in [0.5, 0.6) is 0 Å². The van der Waals surface area contributed by atoms with Gasteiger partial charge < -0.3 is 13.8 Å². The van der Waals surface area contributed by atoms with Crippen LogP contribution in [0.2, 0.25) is 0 Å². The van der Waals surface area contributed by atoms with Crippen LogP contribution in [0.1, 0.15) is 15.9 Å². The maximum Gasteiger partial charge on any atom is 0.293 e. The van der Waals surface area contributed by atoms with E-state index in [4.69, 9.17) is 8.94 Å². The summed E-state index contributed by atoms with van der Waals surface area (Å²) in [6.45, 7) is 3.05. The second kappa shape index (κ2) is 8.95. The molecule has 33 heavy (non-hydrogen) atoms. The second-order valence-corrected chi connectivity index (χ2v) is 7.82. The first-order valence-electron chi connectivity index (χ1n) is 10.5. The number of furan rings is 1. The third kappa shape index (κ3) is 4.68. The van der Waals surface area contributed by atoms with Gasteiger partial charge in [-0.15, -0.1) is 0 Å². The first-order valence-corrected chi connectivity index (χ1v) is 10.5. The maximum atomic E-state index is 13.4. The minimum Gasteiger partial charge on any atom is -0.459 e. The Bertz CT molecular complexity index is 1230. The number of rotatable bonds is 5.